The molecule has 3 rings (SSSR count). The molecule has 0 bridgehead atoms. The Morgan fingerprint density at radius 2 is 2.08 bits per heavy atom. The maximum Gasteiger partial charge on any atom is 0.329 e. The minimum atomic E-state index is -0.600. The quantitative estimate of drug-likeness (QED) is 0.648. The van der Waals surface area contributed by atoms with Gasteiger partial charge in [0.2, 0.25) is 17.7 Å². The monoisotopic (exact) mass is 334 g/mol. The summed E-state index contributed by atoms with van der Waals surface area (Å²) in [5.74, 6) is 0.594. The van der Waals surface area contributed by atoms with Crippen LogP contribution in [-0.2, 0) is 4.79 Å². The van der Waals surface area contributed by atoms with Crippen molar-refractivity contribution in [1.29, 1.82) is 0 Å². The van der Waals surface area contributed by atoms with E-state index in [0.717, 1.165) is 38.5 Å². The molecule has 2 fully saturated rings. The second kappa shape index (κ2) is 6.58. The van der Waals surface area contributed by atoms with Crippen LogP contribution >= 0.6 is 0 Å². The molecule has 3 heterocycles. The number of nitrogens with two attached hydrogens (primary N) is 1. The number of piperidine rings is 1. The van der Waals surface area contributed by atoms with Gasteiger partial charge in [0.05, 0.1) is 10.8 Å². The first-order valence-electron chi connectivity index (χ1n) is 8.28. The Morgan fingerprint density at radius 3 is 2.71 bits per heavy atom. The van der Waals surface area contributed by atoms with E-state index in [0.29, 0.717) is 25.0 Å². The van der Waals surface area contributed by atoms with Gasteiger partial charge in [-0.05, 0) is 25.2 Å². The van der Waals surface area contributed by atoms with Crippen LogP contribution in [0.25, 0.3) is 0 Å². The zero-order valence-electron chi connectivity index (χ0n) is 13.7. The summed E-state index contributed by atoms with van der Waals surface area (Å²) in [6.07, 6.45) is 4.12. The molecule has 1 amide bonds. The van der Waals surface area contributed by atoms with Crippen molar-refractivity contribution < 1.29 is 9.72 Å². The van der Waals surface area contributed by atoms with Crippen LogP contribution in [0.3, 0.4) is 0 Å². The molecule has 2 atom stereocenters. The number of carbonyl (C=O) groups excluding carboxylic acids is 1. The molecule has 24 heavy (non-hydrogen) atoms. The van der Waals surface area contributed by atoms with E-state index in [4.69, 9.17) is 5.73 Å². The molecule has 0 spiro atoms. The van der Waals surface area contributed by atoms with Crippen molar-refractivity contribution in [2.45, 2.75) is 26.2 Å². The molecule has 0 aliphatic carbocycles. The Kier molecular flexibility index (Phi) is 4.50. The average Bonchev–Trinajstić information content (AvgIpc) is 3.08. The Balaban J connectivity index is 1.76. The fraction of sp³-hybridized carbons (Fsp3) is 0.667. The number of amides is 1. The highest BCUT2D eigenvalue weighted by Gasteiger charge is 2.36. The number of nitrogen functional groups attached to an aromatic ring is 1. The van der Waals surface area contributed by atoms with Gasteiger partial charge in [-0.1, -0.05) is 6.92 Å². The van der Waals surface area contributed by atoms with Gasteiger partial charge in [0.1, 0.15) is 6.20 Å². The molecule has 0 saturated carbocycles. The first-order chi connectivity index (χ1) is 11.5. The number of nitro groups is 1. The molecule has 1 aromatic heterocycles. The largest absolute Gasteiger partial charge is 0.378 e. The van der Waals surface area contributed by atoms with Crippen molar-refractivity contribution in [2.24, 2.45) is 11.8 Å². The molecule has 2 saturated heterocycles. The number of anilines is 2. The first kappa shape index (κ1) is 16.4. The summed E-state index contributed by atoms with van der Waals surface area (Å²) < 4.78 is 0. The standard InChI is InChI=1S/C15H22N6O3/c1-10-4-7-20(9-11(10)14(22)19-5-2-3-6-19)15-17-8-12(21(23)24)13(16)18-15/h8,10-11H,2-7,9H2,1H3,(H2,16,17,18). The van der Waals surface area contributed by atoms with Crippen molar-refractivity contribution in [3.8, 4) is 0 Å². The lowest BCUT2D eigenvalue weighted by molar-refractivity contribution is -0.384. The maximum atomic E-state index is 12.7. The molecule has 1 aromatic rings. The van der Waals surface area contributed by atoms with E-state index in [-0.39, 0.29) is 23.3 Å². The maximum absolute atomic E-state index is 12.7. The van der Waals surface area contributed by atoms with Crippen LogP contribution in [0.1, 0.15) is 26.2 Å². The number of aromatic nitrogens is 2. The zero-order valence-corrected chi connectivity index (χ0v) is 13.7. The van der Waals surface area contributed by atoms with Crippen LogP contribution < -0.4 is 10.6 Å². The van der Waals surface area contributed by atoms with Crippen LogP contribution in [0.15, 0.2) is 6.20 Å². The lowest BCUT2D eigenvalue weighted by atomic mass is 9.86. The van der Waals surface area contributed by atoms with E-state index in [2.05, 4.69) is 16.9 Å². The normalized spacial score (nSPS) is 24.2. The average molecular weight is 334 g/mol. The minimum Gasteiger partial charge on any atom is -0.378 e. The molecule has 2 unspecified atom stereocenters. The summed E-state index contributed by atoms with van der Waals surface area (Å²) in [6, 6.07) is 0. The van der Waals surface area contributed by atoms with E-state index in [1.54, 1.807) is 0 Å². The number of nitrogens with zero attached hydrogens (tertiary/aromatic N) is 5. The molecule has 130 valence electrons. The first-order valence-corrected chi connectivity index (χ1v) is 8.28. The molecular formula is C15H22N6O3. The van der Waals surface area contributed by atoms with Crippen LogP contribution in [0, 0.1) is 22.0 Å². The van der Waals surface area contributed by atoms with Gasteiger partial charge in [0.25, 0.3) is 0 Å². The number of hydrogen-bond donors (Lipinski definition) is 1. The van der Waals surface area contributed by atoms with Gasteiger partial charge in [0, 0.05) is 26.2 Å². The van der Waals surface area contributed by atoms with E-state index >= 15 is 0 Å². The highest BCUT2D eigenvalue weighted by molar-refractivity contribution is 5.80. The summed E-state index contributed by atoms with van der Waals surface area (Å²) in [6.45, 7) is 5.00. The van der Waals surface area contributed by atoms with Gasteiger partial charge < -0.3 is 15.5 Å². The fourth-order valence-electron chi connectivity index (χ4n) is 3.42. The Morgan fingerprint density at radius 1 is 1.38 bits per heavy atom. The number of carbonyl (C=O) groups is 1. The Labute approximate surface area is 140 Å². The van der Waals surface area contributed by atoms with Crippen molar-refractivity contribution in [3.63, 3.8) is 0 Å². The summed E-state index contributed by atoms with van der Waals surface area (Å²) in [5.41, 5.74) is 5.36. The van der Waals surface area contributed by atoms with Crippen molar-refractivity contribution in [1.82, 2.24) is 14.9 Å². The predicted octanol–water partition coefficient (Wildman–Crippen LogP) is 1.05. The molecule has 9 nitrogen and oxygen atoms in total. The fourth-order valence-corrected chi connectivity index (χ4v) is 3.42. The third kappa shape index (κ3) is 3.10. The molecular weight excluding hydrogens is 312 g/mol. The van der Waals surface area contributed by atoms with Crippen LogP contribution in [0.4, 0.5) is 17.5 Å². The van der Waals surface area contributed by atoms with E-state index < -0.39 is 4.92 Å². The third-order valence-corrected chi connectivity index (χ3v) is 4.96. The third-order valence-electron chi connectivity index (χ3n) is 4.96. The molecule has 2 aliphatic rings. The summed E-state index contributed by atoms with van der Waals surface area (Å²) in [5, 5.41) is 10.8. The minimum absolute atomic E-state index is 0.100. The Bertz CT molecular complexity index is 646. The second-order valence-electron chi connectivity index (χ2n) is 6.55. The topological polar surface area (TPSA) is 118 Å². The van der Waals surface area contributed by atoms with E-state index in [1.165, 1.54) is 0 Å². The smallest absolute Gasteiger partial charge is 0.329 e. The predicted molar refractivity (Wildman–Crippen MR) is 88.4 cm³/mol. The van der Waals surface area contributed by atoms with Crippen LogP contribution in [-0.4, -0.2) is 51.9 Å². The number of likely N-dealkylation sites (tertiary alicyclic amines) is 1. The molecule has 0 aromatic carbocycles. The van der Waals surface area contributed by atoms with Gasteiger partial charge in [-0.15, -0.1) is 0 Å². The highest BCUT2D eigenvalue weighted by atomic mass is 16.6. The van der Waals surface area contributed by atoms with E-state index in [9.17, 15) is 14.9 Å². The molecule has 0 radical (unpaired) electrons. The summed E-state index contributed by atoms with van der Waals surface area (Å²) >= 11 is 0. The van der Waals surface area contributed by atoms with Crippen molar-refractivity contribution >= 4 is 23.4 Å². The number of rotatable bonds is 3. The molecule has 2 N–H and O–H groups in total. The van der Waals surface area contributed by atoms with Crippen LogP contribution in [0.5, 0.6) is 0 Å². The van der Waals surface area contributed by atoms with Gasteiger partial charge in [-0.2, -0.15) is 4.98 Å². The van der Waals surface area contributed by atoms with Gasteiger partial charge >= 0.3 is 5.69 Å². The zero-order chi connectivity index (χ0) is 17.3. The van der Waals surface area contributed by atoms with Crippen molar-refractivity contribution in [2.75, 3.05) is 36.8 Å². The SMILES string of the molecule is CC1CCN(c2ncc([N+](=O)[O-])c(N)n2)CC1C(=O)N1CCCC1. The lowest BCUT2D eigenvalue weighted by Crippen LogP contribution is -2.48. The number of hydrogen-bond acceptors (Lipinski definition) is 7. The van der Waals surface area contributed by atoms with Gasteiger partial charge in [-0.3, -0.25) is 14.9 Å². The second-order valence-corrected chi connectivity index (χ2v) is 6.55. The van der Waals surface area contributed by atoms with Gasteiger partial charge in [-0.25, -0.2) is 4.98 Å². The molecule has 2 aliphatic heterocycles. The van der Waals surface area contributed by atoms with E-state index in [1.807, 2.05) is 9.80 Å². The molecule has 9 heteroatoms. The van der Waals surface area contributed by atoms with Gasteiger partial charge in [0.15, 0.2) is 0 Å². The summed E-state index contributed by atoms with van der Waals surface area (Å²) in [7, 11) is 0. The van der Waals surface area contributed by atoms with Crippen molar-refractivity contribution in [3.05, 3.63) is 16.3 Å². The van der Waals surface area contributed by atoms with Crippen LogP contribution in [0.2, 0.25) is 0 Å². The Hall–Kier alpha value is -2.45. The summed E-state index contributed by atoms with van der Waals surface area (Å²) in [4.78, 5) is 34.9. The lowest BCUT2D eigenvalue weighted by Gasteiger charge is -2.37. The highest BCUT2D eigenvalue weighted by Crippen LogP contribution is 2.29.